The number of nitrogens with zero attached hydrogens (tertiary/aromatic N) is 6. The quantitative estimate of drug-likeness (QED) is 0.0979. The number of piperazine rings is 1. The number of carbonyl (C=O) groups excluding carboxylic acids is 3. The van der Waals surface area contributed by atoms with E-state index in [-0.39, 0.29) is 30.1 Å². The van der Waals surface area contributed by atoms with Crippen molar-refractivity contribution in [1.82, 2.24) is 30.4 Å². The van der Waals surface area contributed by atoms with Crippen LogP contribution in [-0.4, -0.2) is 114 Å². The zero-order valence-electron chi connectivity index (χ0n) is 42.3. The number of rotatable bonds is 17. The zero-order valence-corrected chi connectivity index (χ0v) is 43.9. The van der Waals surface area contributed by atoms with Crippen LogP contribution in [0.15, 0.2) is 72.9 Å². The minimum absolute atomic E-state index is 0.0599. The van der Waals surface area contributed by atoms with Gasteiger partial charge >= 0.3 is 0 Å². The third-order valence-electron chi connectivity index (χ3n) is 14.6. The van der Waals surface area contributed by atoms with Gasteiger partial charge in [-0.25, -0.2) is 18.7 Å². The number of hydrogen-bond donors (Lipinski definition) is 2. The Hall–Kier alpha value is -5.47. The Morgan fingerprint density at radius 2 is 1.69 bits per heavy atom. The van der Waals surface area contributed by atoms with Gasteiger partial charge in [-0.15, -0.1) is 11.3 Å². The predicted octanol–water partition coefficient (Wildman–Crippen LogP) is 9.35. The van der Waals surface area contributed by atoms with E-state index in [1.807, 2.05) is 43.5 Å². The molecule has 3 amide bonds. The number of halogens is 3. The Bertz CT molecular complexity index is 2600. The van der Waals surface area contributed by atoms with Gasteiger partial charge in [0.2, 0.25) is 17.7 Å². The molecule has 380 valence electrons. The summed E-state index contributed by atoms with van der Waals surface area (Å²) < 4.78 is 42.3. The number of ether oxygens (including phenoxy) is 2. The number of pyridine rings is 1. The molecule has 13 nitrogen and oxygen atoms in total. The van der Waals surface area contributed by atoms with E-state index in [1.165, 1.54) is 11.3 Å². The van der Waals surface area contributed by atoms with Gasteiger partial charge in [0.15, 0.2) is 0 Å². The van der Waals surface area contributed by atoms with Gasteiger partial charge in [-0.05, 0) is 78.1 Å². The summed E-state index contributed by atoms with van der Waals surface area (Å²) in [4.78, 5) is 56.5. The van der Waals surface area contributed by atoms with E-state index >= 15 is 8.78 Å². The van der Waals surface area contributed by atoms with Crippen LogP contribution in [0.25, 0.3) is 16.0 Å². The average molecular weight is 1010 g/mol. The monoisotopic (exact) mass is 1010 g/mol. The molecule has 71 heavy (non-hydrogen) atoms. The second-order valence-electron chi connectivity index (χ2n) is 21.6. The maximum absolute atomic E-state index is 15.0. The molecule has 3 fully saturated rings. The maximum atomic E-state index is 15.0. The van der Waals surface area contributed by atoms with Crippen LogP contribution in [0.4, 0.5) is 14.6 Å². The molecule has 2 aromatic heterocycles. The first-order valence-electron chi connectivity index (χ1n) is 24.2. The lowest BCUT2D eigenvalue weighted by Crippen LogP contribution is -2.65. The Kier molecular flexibility index (Phi) is 16.0. The van der Waals surface area contributed by atoms with Crippen molar-refractivity contribution < 1.29 is 32.6 Å². The fraction of sp³-hybridized carbons (Fsp3) is 0.519. The molecule has 2 N–H and O–H groups in total. The van der Waals surface area contributed by atoms with Gasteiger partial charge in [-0.2, -0.15) is 5.26 Å². The smallest absolute Gasteiger partial charge is 0.267 e. The maximum Gasteiger partial charge on any atom is 0.267 e. The largest absolute Gasteiger partial charge is 0.489 e. The molecule has 0 unspecified atom stereocenters. The Labute approximate surface area is 426 Å². The number of benzene rings is 2. The summed E-state index contributed by atoms with van der Waals surface area (Å²) in [6.07, 6.45) is 1.81. The Morgan fingerprint density at radius 1 is 1.00 bits per heavy atom. The summed E-state index contributed by atoms with van der Waals surface area (Å²) >= 11 is 7.82. The lowest BCUT2D eigenvalue weighted by atomic mass is 9.44. The Balaban J connectivity index is 0.841. The first-order chi connectivity index (χ1) is 33.4. The van der Waals surface area contributed by atoms with Crippen molar-refractivity contribution in [2.75, 3.05) is 57.4 Å². The number of carbonyl (C=O) groups is 3. The highest BCUT2D eigenvalue weighted by Gasteiger charge is 2.63. The van der Waals surface area contributed by atoms with Gasteiger partial charge in [0.05, 0.1) is 45.9 Å². The molecule has 1 aliphatic carbocycles. The molecule has 4 aromatic rings. The van der Waals surface area contributed by atoms with E-state index in [2.05, 4.69) is 71.8 Å². The van der Waals surface area contributed by atoms with Gasteiger partial charge < -0.3 is 29.9 Å². The highest BCUT2D eigenvalue weighted by molar-refractivity contribution is 7.13. The summed E-state index contributed by atoms with van der Waals surface area (Å²) in [5.74, 6) is -3.43. The van der Waals surface area contributed by atoms with E-state index in [4.69, 9.17) is 26.1 Å². The number of aryl methyl sites for hydroxylation is 1. The molecule has 0 spiro atoms. The number of allylic oxidation sites excluding steroid dienone is 1. The molecule has 0 radical (unpaired) electrons. The normalized spacial score (nSPS) is 21.4. The number of anilines is 1. The number of thiazole rings is 1. The SMILES string of the molecule is C=C(CC1C(C)(C)C(Oc2ccc(C#N)c(Cl)c2)C1(C)C)c1ccc(N2CCN(CCOCC(=O)N[C@H](C(=O)N3CC(F)(F)C[C@H]3C(=O)N[C@@H](C)c3ccc(-c4scnc4C)cc3)C(C)(C)C)CC2)nc1. The van der Waals surface area contributed by atoms with Crippen LogP contribution in [0, 0.1) is 40.4 Å². The number of aromatic nitrogens is 2. The van der Waals surface area contributed by atoms with E-state index in [9.17, 15) is 19.6 Å². The van der Waals surface area contributed by atoms with Crippen molar-refractivity contribution in [2.45, 2.75) is 105 Å². The lowest BCUT2D eigenvalue weighted by Gasteiger charge is -2.63. The van der Waals surface area contributed by atoms with Crippen molar-refractivity contribution in [3.63, 3.8) is 0 Å². The molecule has 3 atom stereocenters. The van der Waals surface area contributed by atoms with Crippen molar-refractivity contribution >= 4 is 52.1 Å². The molecule has 7 rings (SSSR count). The molecule has 3 aliphatic rings. The minimum atomic E-state index is -3.28. The van der Waals surface area contributed by atoms with Gasteiger partial charge in [-0.1, -0.05) is 90.9 Å². The van der Waals surface area contributed by atoms with Crippen molar-refractivity contribution in [3.05, 3.63) is 100 Å². The van der Waals surface area contributed by atoms with Gasteiger partial charge in [0.25, 0.3) is 5.92 Å². The van der Waals surface area contributed by atoms with Crippen LogP contribution in [0.1, 0.15) is 96.7 Å². The molecule has 2 saturated heterocycles. The van der Waals surface area contributed by atoms with Crippen molar-refractivity contribution in [2.24, 2.45) is 22.2 Å². The fourth-order valence-electron chi connectivity index (χ4n) is 10.7. The molecular formula is C54H67ClF2N8O5S. The molecule has 0 bridgehead atoms. The number of nitrogens with one attached hydrogen (secondary N) is 2. The van der Waals surface area contributed by atoms with E-state index in [0.717, 1.165) is 76.2 Å². The van der Waals surface area contributed by atoms with Crippen LogP contribution in [0.2, 0.25) is 5.02 Å². The van der Waals surface area contributed by atoms with E-state index in [1.54, 1.807) is 51.4 Å². The number of alkyl halides is 2. The van der Waals surface area contributed by atoms with Crippen LogP contribution < -0.4 is 20.3 Å². The van der Waals surface area contributed by atoms with Crippen LogP contribution in [0.3, 0.4) is 0 Å². The number of amides is 3. The third-order valence-corrected chi connectivity index (χ3v) is 15.9. The fourth-order valence-corrected chi connectivity index (χ4v) is 11.7. The topological polar surface area (TPSA) is 153 Å². The molecular weight excluding hydrogens is 946 g/mol. The summed E-state index contributed by atoms with van der Waals surface area (Å²) in [5.41, 5.74) is 5.75. The molecule has 2 aromatic carbocycles. The summed E-state index contributed by atoms with van der Waals surface area (Å²) in [5, 5.41) is 15.2. The first-order valence-corrected chi connectivity index (χ1v) is 25.5. The highest BCUT2D eigenvalue weighted by atomic mass is 35.5. The van der Waals surface area contributed by atoms with Crippen LogP contribution in [0.5, 0.6) is 5.75 Å². The highest BCUT2D eigenvalue weighted by Crippen LogP contribution is 2.62. The molecule has 2 aliphatic heterocycles. The zero-order chi connectivity index (χ0) is 51.6. The lowest BCUT2D eigenvalue weighted by molar-refractivity contribution is -0.195. The number of hydrogen-bond acceptors (Lipinski definition) is 11. The molecule has 4 heterocycles. The van der Waals surface area contributed by atoms with E-state index in [0.29, 0.717) is 28.8 Å². The number of likely N-dealkylation sites (tertiary alicyclic amines) is 1. The number of nitriles is 1. The molecule has 1 saturated carbocycles. The second-order valence-corrected chi connectivity index (χ2v) is 22.8. The summed E-state index contributed by atoms with van der Waals surface area (Å²) in [7, 11) is 0. The minimum Gasteiger partial charge on any atom is -0.489 e. The molecule has 17 heteroatoms. The van der Waals surface area contributed by atoms with E-state index < -0.39 is 60.2 Å². The first kappa shape index (κ1) is 53.3. The van der Waals surface area contributed by atoms with Gasteiger partial charge in [-0.3, -0.25) is 19.3 Å². The van der Waals surface area contributed by atoms with Gasteiger partial charge in [0, 0.05) is 62.2 Å². The average Bonchev–Trinajstić information content (AvgIpc) is 3.91. The van der Waals surface area contributed by atoms with Crippen LogP contribution >= 0.6 is 22.9 Å². The standard InChI is InChI=1S/C54H67ClF2N8O5S/c1-33(25-43-52(7,8)50(53(43,9)10)70-40-17-15-38(28-58)41(55)26-40)39-16-18-44(59-29-39)64-21-19-63(20-22-64)23-24-69-30-45(66)62-47(51(4,5)6)49(68)65-31-54(56,57)27-42(65)48(67)61-34(2)36-11-13-37(14-12-36)46-35(3)60-32-71-46/h11-18,26,29,32,34,42-43,47,50H,1,19-25,27,30-31H2,2-10H3,(H,61,67)(H,62,66)/t34-,42-,43?,47+,50?/m0/s1. The third kappa shape index (κ3) is 12.1. The van der Waals surface area contributed by atoms with Crippen LogP contribution in [-0.2, 0) is 19.1 Å². The summed E-state index contributed by atoms with van der Waals surface area (Å²) in [6.45, 7) is 24.9. The van der Waals surface area contributed by atoms with Crippen molar-refractivity contribution in [3.8, 4) is 22.3 Å². The summed E-state index contributed by atoms with van der Waals surface area (Å²) in [6, 6.07) is 15.9. The van der Waals surface area contributed by atoms with Gasteiger partial charge in [0.1, 0.15) is 42.4 Å². The predicted molar refractivity (Wildman–Crippen MR) is 274 cm³/mol. The Morgan fingerprint density at radius 3 is 2.28 bits per heavy atom. The second kappa shape index (κ2) is 21.3. The van der Waals surface area contributed by atoms with Crippen molar-refractivity contribution in [1.29, 1.82) is 5.26 Å².